The first-order valence-corrected chi connectivity index (χ1v) is 15.2. The molecule has 49 heavy (non-hydrogen) atoms. The Balaban J connectivity index is 1.61. The number of aromatic amines is 1. The van der Waals surface area contributed by atoms with Crippen LogP contribution in [0, 0.1) is 0 Å². The number of imide groups is 1. The molecule has 0 saturated carbocycles. The average Bonchev–Trinajstić information content (AvgIpc) is 3.66. The van der Waals surface area contributed by atoms with E-state index in [1.165, 1.54) is 20.2 Å². The minimum absolute atomic E-state index is 0.127. The van der Waals surface area contributed by atoms with Gasteiger partial charge in [-0.15, -0.1) is 0 Å². The van der Waals surface area contributed by atoms with Crippen molar-refractivity contribution in [3.8, 4) is 0 Å². The maximum Gasteiger partial charge on any atom is 0.303 e. The maximum atomic E-state index is 13.9. The number of benzene rings is 1. The zero-order valence-electron chi connectivity index (χ0n) is 26.8. The van der Waals surface area contributed by atoms with Crippen LogP contribution in [-0.2, 0) is 42.9 Å². The first kappa shape index (κ1) is 31.7. The summed E-state index contributed by atoms with van der Waals surface area (Å²) >= 11 is 0. The van der Waals surface area contributed by atoms with Crippen LogP contribution in [0.3, 0.4) is 0 Å². The Morgan fingerprint density at radius 2 is 1.39 bits per heavy atom. The quantitative estimate of drug-likeness (QED) is 0.157. The normalized spacial score (nSPS) is 22.1. The van der Waals surface area contributed by atoms with Crippen molar-refractivity contribution in [2.24, 2.45) is 0 Å². The van der Waals surface area contributed by atoms with Crippen molar-refractivity contribution < 1.29 is 52.5 Å². The second kappa shape index (κ2) is 11.7. The van der Waals surface area contributed by atoms with Crippen LogP contribution < -0.4 is 0 Å². The Kier molecular flexibility index (Phi) is 7.54. The second-order valence-corrected chi connectivity index (χ2v) is 11.8. The van der Waals surface area contributed by atoms with E-state index >= 15 is 0 Å². The van der Waals surface area contributed by atoms with Crippen LogP contribution in [0.2, 0.25) is 0 Å². The smallest absolute Gasteiger partial charge is 0.303 e. The van der Waals surface area contributed by atoms with Gasteiger partial charge in [0, 0.05) is 68.7 Å². The van der Waals surface area contributed by atoms with Crippen molar-refractivity contribution in [3.05, 3.63) is 47.8 Å². The van der Waals surface area contributed by atoms with Crippen LogP contribution in [0.5, 0.6) is 0 Å². The Bertz CT molecular complexity index is 2270. The number of rotatable bonds is 6. The summed E-state index contributed by atoms with van der Waals surface area (Å²) < 4.78 is 30.5. The molecule has 1 unspecified atom stereocenters. The number of pyridine rings is 2. The molecule has 5 atom stereocenters. The summed E-state index contributed by atoms with van der Waals surface area (Å²) in [7, 11) is 1.40. The van der Waals surface area contributed by atoms with Crippen molar-refractivity contribution in [2.45, 2.75) is 58.3 Å². The molecule has 7 rings (SSSR count). The molecular weight excluding hydrogens is 642 g/mol. The molecule has 2 aliphatic rings. The van der Waals surface area contributed by atoms with Crippen LogP contribution >= 0.6 is 0 Å². The monoisotopic (exact) mass is 671 g/mol. The highest BCUT2D eigenvalue weighted by molar-refractivity contribution is 6.38. The van der Waals surface area contributed by atoms with E-state index in [0.717, 1.165) is 25.7 Å². The minimum Gasteiger partial charge on any atom is -0.463 e. The molecule has 2 amide bonds. The van der Waals surface area contributed by atoms with Crippen molar-refractivity contribution in [1.82, 2.24) is 24.4 Å². The minimum atomic E-state index is -1.48. The molecule has 2 aliphatic heterocycles. The number of carbonyl (C=O) groups excluding carboxylic acids is 6. The average molecular weight is 672 g/mol. The number of fused-ring (bicyclic) bond motifs is 10. The molecule has 0 radical (unpaired) electrons. The number of carbonyl (C=O) groups is 6. The van der Waals surface area contributed by atoms with Gasteiger partial charge in [-0.3, -0.25) is 38.2 Å². The molecule has 16 heteroatoms. The lowest BCUT2D eigenvalue weighted by Crippen LogP contribution is -2.60. The van der Waals surface area contributed by atoms with Gasteiger partial charge in [0.1, 0.15) is 24.0 Å². The number of esters is 4. The topological polar surface area (TPSA) is 198 Å². The van der Waals surface area contributed by atoms with Crippen LogP contribution in [0.4, 0.5) is 0 Å². The molecule has 1 aromatic carbocycles. The van der Waals surface area contributed by atoms with E-state index in [1.807, 2.05) is 0 Å². The van der Waals surface area contributed by atoms with Crippen molar-refractivity contribution in [1.29, 1.82) is 0 Å². The van der Waals surface area contributed by atoms with Gasteiger partial charge in [0.15, 0.2) is 24.5 Å². The number of amides is 2. The number of hydrogen-bond acceptors (Lipinski definition) is 13. The Hall–Kier alpha value is -5.90. The van der Waals surface area contributed by atoms with E-state index in [1.54, 1.807) is 35.0 Å². The van der Waals surface area contributed by atoms with Crippen LogP contribution in [0.15, 0.2) is 36.7 Å². The molecule has 6 heterocycles. The second-order valence-electron chi connectivity index (χ2n) is 11.8. The highest BCUT2D eigenvalue weighted by Gasteiger charge is 2.54. The summed E-state index contributed by atoms with van der Waals surface area (Å²) in [5, 5.41) is 1.79. The number of ether oxygens (including phenoxy) is 5. The third-order valence-corrected chi connectivity index (χ3v) is 8.58. The zero-order chi connectivity index (χ0) is 34.9. The number of nitrogens with zero attached hydrogens (tertiary/aromatic N) is 4. The molecule has 252 valence electrons. The standard InChI is InChI=1S/C33H29N5O11/c1-13(39)45-12-19-26(46-14(2)40)27(47-15(3)41)28(48-16(4)42)33(49-19)38-25-21(18-9-7-11-35-30(18)38)23-22(31(43)37(5)32(23)44)20-17-8-6-10-34-29(17)36-24(20)25/h6-11,19,26-28,33H,12H2,1-5H3,(H,34,36)/t19-,26-,27+,28-,33?/m1/s1. The maximum absolute atomic E-state index is 13.9. The molecule has 16 nitrogen and oxygen atoms in total. The van der Waals surface area contributed by atoms with Crippen LogP contribution in [0.1, 0.15) is 54.6 Å². The molecular formula is C33H29N5O11. The Morgan fingerprint density at radius 3 is 2.04 bits per heavy atom. The van der Waals surface area contributed by atoms with Crippen molar-refractivity contribution in [2.75, 3.05) is 13.7 Å². The van der Waals surface area contributed by atoms with Crippen LogP contribution in [0.25, 0.3) is 43.9 Å². The van der Waals surface area contributed by atoms with Gasteiger partial charge in [0.25, 0.3) is 11.8 Å². The summed E-state index contributed by atoms with van der Waals surface area (Å²) in [4.78, 5) is 90.5. The predicted molar refractivity (Wildman–Crippen MR) is 168 cm³/mol. The number of H-pyrrole nitrogens is 1. The van der Waals surface area contributed by atoms with Crippen molar-refractivity contribution in [3.63, 3.8) is 0 Å². The van der Waals surface area contributed by atoms with E-state index in [9.17, 15) is 28.8 Å². The van der Waals surface area contributed by atoms with Gasteiger partial charge in [-0.2, -0.15) is 0 Å². The molecule has 0 bridgehead atoms. The SMILES string of the molecule is CC(=O)OC[C@H]1OC(n2c3ncccc3c3c4c(c5c6cccnc6[nH]c5c32)C(=O)N(C)C4=O)[C@H](OC(C)=O)[C@@H](OC(C)=O)[C@@H]1OC(C)=O. The van der Waals surface area contributed by atoms with Gasteiger partial charge in [-0.25, -0.2) is 9.97 Å². The number of nitrogens with one attached hydrogen (secondary N) is 1. The van der Waals surface area contributed by atoms with Gasteiger partial charge in [-0.05, 0) is 24.3 Å². The van der Waals surface area contributed by atoms with E-state index in [2.05, 4.69) is 15.0 Å². The highest BCUT2D eigenvalue weighted by atomic mass is 16.7. The fraction of sp³-hybridized carbons (Fsp3) is 0.333. The van der Waals surface area contributed by atoms with Crippen LogP contribution in [-0.4, -0.2) is 98.2 Å². The molecule has 1 N–H and O–H groups in total. The fourth-order valence-electron chi connectivity index (χ4n) is 6.86. The third-order valence-electron chi connectivity index (χ3n) is 8.58. The van der Waals surface area contributed by atoms with Gasteiger partial charge < -0.3 is 28.7 Å². The van der Waals surface area contributed by atoms with E-state index in [4.69, 9.17) is 23.7 Å². The Morgan fingerprint density at radius 1 is 0.796 bits per heavy atom. The van der Waals surface area contributed by atoms with Gasteiger partial charge >= 0.3 is 23.9 Å². The number of aromatic nitrogens is 4. The zero-order valence-corrected chi connectivity index (χ0v) is 26.8. The van der Waals surface area contributed by atoms with E-state index < -0.39 is 72.9 Å². The lowest BCUT2D eigenvalue weighted by atomic mass is 9.96. The van der Waals surface area contributed by atoms with Gasteiger partial charge in [-0.1, -0.05) is 0 Å². The lowest BCUT2D eigenvalue weighted by Gasteiger charge is -2.45. The first-order valence-electron chi connectivity index (χ1n) is 15.2. The van der Waals surface area contributed by atoms with E-state index in [0.29, 0.717) is 38.2 Å². The molecule has 0 aliphatic carbocycles. The largest absolute Gasteiger partial charge is 0.463 e. The summed E-state index contributed by atoms with van der Waals surface area (Å²) in [6.07, 6.45) is -3.92. The number of hydrogen-bond donors (Lipinski definition) is 1. The fourth-order valence-corrected chi connectivity index (χ4v) is 6.86. The summed E-state index contributed by atoms with van der Waals surface area (Å²) in [5.41, 5.74) is 1.70. The molecule has 5 aromatic rings. The van der Waals surface area contributed by atoms with Gasteiger partial charge in [0.2, 0.25) is 0 Å². The van der Waals surface area contributed by atoms with Gasteiger partial charge in [0.05, 0.1) is 22.2 Å². The third kappa shape index (κ3) is 4.94. The summed E-state index contributed by atoms with van der Waals surface area (Å²) in [6, 6.07) is 6.85. The predicted octanol–water partition coefficient (Wildman–Crippen LogP) is 2.70. The highest BCUT2D eigenvalue weighted by Crippen LogP contribution is 2.47. The molecule has 4 aromatic heterocycles. The Labute approximate surface area is 276 Å². The summed E-state index contributed by atoms with van der Waals surface area (Å²) in [6.45, 7) is 4.14. The van der Waals surface area contributed by atoms with Crippen molar-refractivity contribution >= 4 is 79.6 Å². The van der Waals surface area contributed by atoms with E-state index in [-0.39, 0.29) is 16.8 Å². The molecule has 1 saturated heterocycles. The molecule has 1 fully saturated rings. The summed E-state index contributed by atoms with van der Waals surface area (Å²) in [5.74, 6) is -4.06. The first-order chi connectivity index (χ1) is 23.4. The lowest BCUT2D eigenvalue weighted by molar-refractivity contribution is -0.267. The molecule has 0 spiro atoms.